The van der Waals surface area contributed by atoms with Crippen molar-refractivity contribution in [1.82, 2.24) is 4.90 Å². The number of benzene rings is 3. The Morgan fingerprint density at radius 2 is 1.48 bits per heavy atom. The minimum absolute atomic E-state index is 0.0728. The van der Waals surface area contributed by atoms with Crippen LogP contribution < -0.4 is 10.1 Å². The summed E-state index contributed by atoms with van der Waals surface area (Å²) in [6.45, 7) is 2.77. The molecule has 4 nitrogen and oxygen atoms in total. The molecular weight excluding hydrogens is 360 g/mol. The number of rotatable bonds is 4. The van der Waals surface area contributed by atoms with Crippen molar-refractivity contribution in [1.29, 1.82) is 0 Å². The van der Waals surface area contributed by atoms with E-state index in [-0.39, 0.29) is 17.5 Å². The van der Waals surface area contributed by atoms with E-state index in [2.05, 4.69) is 60.8 Å². The third-order valence-corrected chi connectivity index (χ3v) is 5.87. The van der Waals surface area contributed by atoms with E-state index in [9.17, 15) is 4.79 Å². The van der Waals surface area contributed by atoms with Crippen LogP contribution in [0.2, 0.25) is 0 Å². The molecule has 4 rings (SSSR count). The van der Waals surface area contributed by atoms with E-state index in [1.807, 2.05) is 41.3 Å². The Labute approximate surface area is 172 Å². The van der Waals surface area contributed by atoms with Crippen LogP contribution in [0.25, 0.3) is 0 Å². The van der Waals surface area contributed by atoms with Gasteiger partial charge in [-0.05, 0) is 48.7 Å². The average molecular weight is 386 g/mol. The van der Waals surface area contributed by atoms with Crippen LogP contribution in [0.5, 0.6) is 5.75 Å². The fraction of sp³-hybridized carbons (Fsp3) is 0.240. The number of methoxy groups -OCH3 is 1. The van der Waals surface area contributed by atoms with Gasteiger partial charge in [0.2, 0.25) is 0 Å². The number of ether oxygens (including phenoxy) is 1. The van der Waals surface area contributed by atoms with Crippen molar-refractivity contribution in [2.75, 3.05) is 19.0 Å². The molecule has 2 amide bonds. The summed E-state index contributed by atoms with van der Waals surface area (Å²) in [4.78, 5) is 15.1. The Morgan fingerprint density at radius 1 is 0.931 bits per heavy atom. The van der Waals surface area contributed by atoms with E-state index in [0.717, 1.165) is 17.9 Å². The van der Waals surface area contributed by atoms with Gasteiger partial charge in [0.15, 0.2) is 0 Å². The maximum absolute atomic E-state index is 13.1. The number of hydrogen-bond donors (Lipinski definition) is 1. The lowest BCUT2D eigenvalue weighted by atomic mass is 9.73. The van der Waals surface area contributed by atoms with Gasteiger partial charge in [0.1, 0.15) is 5.75 Å². The lowest BCUT2D eigenvalue weighted by Gasteiger charge is -2.31. The first kappa shape index (κ1) is 19.1. The van der Waals surface area contributed by atoms with Crippen molar-refractivity contribution in [3.05, 3.63) is 96.1 Å². The van der Waals surface area contributed by atoms with Crippen LogP contribution in [-0.4, -0.2) is 30.6 Å². The lowest BCUT2D eigenvalue weighted by Crippen LogP contribution is -2.39. The summed E-state index contributed by atoms with van der Waals surface area (Å²) in [5.74, 6) is 0.768. The van der Waals surface area contributed by atoms with Crippen LogP contribution in [0.15, 0.2) is 84.9 Å². The molecule has 0 spiro atoms. The van der Waals surface area contributed by atoms with Gasteiger partial charge in [-0.1, -0.05) is 60.7 Å². The van der Waals surface area contributed by atoms with Gasteiger partial charge in [-0.25, -0.2) is 4.79 Å². The fourth-order valence-electron chi connectivity index (χ4n) is 4.37. The molecule has 1 fully saturated rings. The monoisotopic (exact) mass is 386 g/mol. The zero-order chi connectivity index (χ0) is 20.3. The van der Waals surface area contributed by atoms with Crippen LogP contribution in [0.3, 0.4) is 0 Å². The Morgan fingerprint density at radius 3 is 2.00 bits per heavy atom. The molecule has 1 saturated heterocycles. The fourth-order valence-corrected chi connectivity index (χ4v) is 4.37. The highest BCUT2D eigenvalue weighted by molar-refractivity contribution is 5.90. The van der Waals surface area contributed by atoms with Crippen molar-refractivity contribution in [3.8, 4) is 5.75 Å². The summed E-state index contributed by atoms with van der Waals surface area (Å²) in [6, 6.07) is 28.5. The zero-order valence-electron chi connectivity index (χ0n) is 16.8. The predicted molar refractivity (Wildman–Crippen MR) is 116 cm³/mol. The van der Waals surface area contributed by atoms with Crippen molar-refractivity contribution < 1.29 is 9.53 Å². The van der Waals surface area contributed by atoms with E-state index < -0.39 is 0 Å². The van der Waals surface area contributed by atoms with Gasteiger partial charge >= 0.3 is 6.03 Å². The van der Waals surface area contributed by atoms with E-state index in [1.54, 1.807) is 7.11 Å². The third-order valence-electron chi connectivity index (χ3n) is 5.87. The standard InChI is InChI=1S/C25H26N2O2/c1-19-17-25(20-9-5-3-6-10-20,21-11-7-4-8-12-21)18-27(19)24(28)26-22-13-15-23(29-2)16-14-22/h3-16,19H,17-18H2,1-2H3,(H,26,28). The number of nitrogens with zero attached hydrogens (tertiary/aromatic N) is 1. The second-order valence-corrected chi connectivity index (χ2v) is 7.65. The number of hydrogen-bond acceptors (Lipinski definition) is 2. The summed E-state index contributed by atoms with van der Waals surface area (Å²) < 4.78 is 5.19. The van der Waals surface area contributed by atoms with Crippen LogP contribution in [-0.2, 0) is 5.41 Å². The quantitative estimate of drug-likeness (QED) is 0.660. The molecule has 1 heterocycles. The number of likely N-dealkylation sites (tertiary alicyclic amines) is 1. The number of carbonyl (C=O) groups excluding carboxylic acids is 1. The largest absolute Gasteiger partial charge is 0.497 e. The van der Waals surface area contributed by atoms with Crippen molar-refractivity contribution >= 4 is 11.7 Å². The molecule has 0 radical (unpaired) electrons. The smallest absolute Gasteiger partial charge is 0.322 e. The van der Waals surface area contributed by atoms with E-state index in [1.165, 1.54) is 11.1 Å². The Hall–Kier alpha value is -3.27. The molecular formula is C25H26N2O2. The lowest BCUT2D eigenvalue weighted by molar-refractivity contribution is 0.208. The highest BCUT2D eigenvalue weighted by Crippen LogP contribution is 2.43. The third kappa shape index (κ3) is 3.70. The maximum atomic E-state index is 13.1. The summed E-state index contributed by atoms with van der Waals surface area (Å²) in [5, 5.41) is 3.04. The molecule has 3 aromatic carbocycles. The van der Waals surface area contributed by atoms with Crippen molar-refractivity contribution in [2.24, 2.45) is 0 Å². The SMILES string of the molecule is COc1ccc(NC(=O)N2CC(c3ccccc3)(c3ccccc3)CC2C)cc1. The molecule has 0 aromatic heterocycles. The van der Waals surface area contributed by atoms with Gasteiger partial charge in [-0.3, -0.25) is 0 Å². The molecule has 148 valence electrons. The molecule has 0 bridgehead atoms. The Balaban J connectivity index is 1.62. The van der Waals surface area contributed by atoms with Gasteiger partial charge in [-0.15, -0.1) is 0 Å². The summed E-state index contributed by atoms with van der Waals surface area (Å²) in [5.41, 5.74) is 3.05. The molecule has 1 aliphatic rings. The molecule has 0 saturated carbocycles. The van der Waals surface area contributed by atoms with E-state index in [0.29, 0.717) is 6.54 Å². The van der Waals surface area contributed by atoms with Gasteiger partial charge in [-0.2, -0.15) is 0 Å². The number of nitrogens with one attached hydrogen (secondary N) is 1. The number of carbonyl (C=O) groups is 1. The van der Waals surface area contributed by atoms with Crippen LogP contribution >= 0.6 is 0 Å². The van der Waals surface area contributed by atoms with Crippen LogP contribution in [0, 0.1) is 0 Å². The molecule has 0 aliphatic carbocycles. The minimum Gasteiger partial charge on any atom is -0.497 e. The minimum atomic E-state index is -0.209. The molecule has 1 atom stereocenters. The van der Waals surface area contributed by atoms with Crippen molar-refractivity contribution in [3.63, 3.8) is 0 Å². The highest BCUT2D eigenvalue weighted by Gasteiger charge is 2.46. The topological polar surface area (TPSA) is 41.6 Å². The average Bonchev–Trinajstić information content (AvgIpc) is 3.14. The number of anilines is 1. The summed E-state index contributed by atoms with van der Waals surface area (Å²) in [6.07, 6.45) is 0.886. The predicted octanol–water partition coefficient (Wildman–Crippen LogP) is 5.31. The first-order valence-electron chi connectivity index (χ1n) is 9.95. The number of amides is 2. The second-order valence-electron chi connectivity index (χ2n) is 7.65. The highest BCUT2D eigenvalue weighted by atomic mass is 16.5. The van der Waals surface area contributed by atoms with Gasteiger partial charge < -0.3 is 15.0 Å². The Bertz CT molecular complexity index is 916. The molecule has 29 heavy (non-hydrogen) atoms. The van der Waals surface area contributed by atoms with Gasteiger partial charge in [0.05, 0.1) is 7.11 Å². The van der Waals surface area contributed by atoms with Gasteiger partial charge in [0.25, 0.3) is 0 Å². The normalized spacial score (nSPS) is 17.7. The maximum Gasteiger partial charge on any atom is 0.322 e. The van der Waals surface area contributed by atoms with Crippen LogP contribution in [0.1, 0.15) is 24.5 Å². The molecule has 1 aliphatic heterocycles. The van der Waals surface area contributed by atoms with E-state index in [4.69, 9.17) is 4.74 Å². The molecule has 1 N–H and O–H groups in total. The Kier molecular flexibility index (Phi) is 5.26. The molecule has 3 aromatic rings. The van der Waals surface area contributed by atoms with Gasteiger partial charge in [0, 0.05) is 23.7 Å². The second kappa shape index (κ2) is 8.00. The zero-order valence-corrected chi connectivity index (χ0v) is 16.8. The first-order valence-corrected chi connectivity index (χ1v) is 9.95. The van der Waals surface area contributed by atoms with E-state index >= 15 is 0 Å². The first-order chi connectivity index (χ1) is 14.1. The molecule has 4 heteroatoms. The van der Waals surface area contributed by atoms with Crippen LogP contribution in [0.4, 0.5) is 10.5 Å². The van der Waals surface area contributed by atoms with Crippen molar-refractivity contribution in [2.45, 2.75) is 24.8 Å². The molecule has 1 unspecified atom stereocenters. The summed E-state index contributed by atoms with van der Waals surface area (Å²) in [7, 11) is 1.63. The summed E-state index contributed by atoms with van der Waals surface area (Å²) >= 11 is 0. The number of urea groups is 1.